The molecule has 0 aliphatic rings. The topological polar surface area (TPSA) is 129 Å². The van der Waals surface area contributed by atoms with Crippen LogP contribution in [0.15, 0.2) is 94.9 Å². The standard InChI is InChI=1S/C28H25N5O4S2/c1-18(34)30-22-13-9-20(10-14-22)26-16-29-28(37-26)32-24(15-19-7-11-23(12-8-19)33-39(35)36)25-17-38-27(31-25)21-5-3-2-4-6-21/h2-14,16-17,24,33H,15H2,1H3,(H,29,32)(H,30,34)(H,35,36)/t24-/m0/s1. The van der Waals surface area contributed by atoms with E-state index in [9.17, 15) is 9.00 Å². The summed E-state index contributed by atoms with van der Waals surface area (Å²) >= 11 is -0.568. The van der Waals surface area contributed by atoms with Crippen molar-refractivity contribution in [3.05, 3.63) is 102 Å². The van der Waals surface area contributed by atoms with E-state index >= 15 is 0 Å². The van der Waals surface area contributed by atoms with Crippen LogP contribution < -0.4 is 15.4 Å². The van der Waals surface area contributed by atoms with Crippen LogP contribution in [0.3, 0.4) is 0 Å². The largest absolute Gasteiger partial charge is 0.424 e. The van der Waals surface area contributed by atoms with Gasteiger partial charge in [-0.3, -0.25) is 14.1 Å². The Labute approximate surface area is 231 Å². The zero-order valence-corrected chi connectivity index (χ0v) is 22.5. The van der Waals surface area contributed by atoms with Crippen molar-refractivity contribution in [1.29, 1.82) is 0 Å². The Balaban J connectivity index is 1.38. The van der Waals surface area contributed by atoms with Gasteiger partial charge in [-0.2, -0.15) is 0 Å². The van der Waals surface area contributed by atoms with Gasteiger partial charge in [-0.05, 0) is 48.4 Å². The maximum Gasteiger partial charge on any atom is 0.295 e. The number of amides is 1. The van der Waals surface area contributed by atoms with E-state index in [1.54, 1.807) is 41.8 Å². The Kier molecular flexibility index (Phi) is 8.11. The molecule has 5 aromatic rings. The molecule has 0 saturated heterocycles. The number of oxazole rings is 1. The zero-order valence-electron chi connectivity index (χ0n) is 20.8. The molecule has 4 N–H and O–H groups in total. The normalized spacial score (nSPS) is 12.5. The summed E-state index contributed by atoms with van der Waals surface area (Å²) in [6.07, 6.45) is 2.22. The molecule has 0 radical (unpaired) electrons. The molecule has 0 fully saturated rings. The van der Waals surface area contributed by atoms with E-state index in [4.69, 9.17) is 14.0 Å². The minimum atomic E-state index is -2.13. The molecular formula is C28H25N5O4S2. The highest BCUT2D eigenvalue weighted by molar-refractivity contribution is 7.80. The molecule has 0 bridgehead atoms. The van der Waals surface area contributed by atoms with Crippen LogP contribution in [0.5, 0.6) is 0 Å². The number of thiazole rings is 1. The molecule has 1 unspecified atom stereocenters. The van der Waals surface area contributed by atoms with E-state index in [1.807, 2.05) is 60.0 Å². The third-order valence-corrected chi connectivity index (χ3v) is 7.11. The summed E-state index contributed by atoms with van der Waals surface area (Å²) in [6.45, 7) is 1.46. The lowest BCUT2D eigenvalue weighted by molar-refractivity contribution is -0.114. The number of anilines is 3. The summed E-state index contributed by atoms with van der Waals surface area (Å²) in [7, 11) is 0. The Hall–Kier alpha value is -4.32. The first-order valence-electron chi connectivity index (χ1n) is 12.0. The summed E-state index contributed by atoms with van der Waals surface area (Å²) in [4.78, 5) is 20.6. The molecule has 2 heterocycles. The van der Waals surface area contributed by atoms with Crippen LogP contribution in [0, 0.1) is 0 Å². The number of hydrogen-bond acceptors (Lipinski definition) is 7. The van der Waals surface area contributed by atoms with Crippen LogP contribution in [0.4, 0.5) is 17.4 Å². The Morgan fingerprint density at radius 2 is 1.72 bits per heavy atom. The van der Waals surface area contributed by atoms with Crippen LogP contribution in [0.25, 0.3) is 21.9 Å². The van der Waals surface area contributed by atoms with Crippen molar-refractivity contribution in [2.45, 2.75) is 19.4 Å². The Morgan fingerprint density at radius 3 is 2.41 bits per heavy atom. The lowest BCUT2D eigenvalue weighted by Gasteiger charge is -2.16. The Morgan fingerprint density at radius 1 is 1.00 bits per heavy atom. The van der Waals surface area contributed by atoms with Crippen molar-refractivity contribution in [2.75, 3.05) is 15.4 Å². The molecule has 2 aromatic heterocycles. The van der Waals surface area contributed by atoms with E-state index < -0.39 is 11.3 Å². The zero-order chi connectivity index (χ0) is 27.2. The summed E-state index contributed by atoms with van der Waals surface area (Å²) in [5.41, 5.74) is 4.96. The summed E-state index contributed by atoms with van der Waals surface area (Å²) in [5.74, 6) is 0.452. The number of hydrogen-bond donors (Lipinski definition) is 4. The number of aromatic nitrogens is 2. The van der Waals surface area contributed by atoms with Crippen LogP contribution in [-0.4, -0.2) is 24.6 Å². The molecule has 0 aliphatic heterocycles. The van der Waals surface area contributed by atoms with Crippen LogP contribution in [-0.2, 0) is 22.5 Å². The molecule has 1 amide bonds. The smallest absolute Gasteiger partial charge is 0.295 e. The number of carbonyl (C=O) groups is 1. The SMILES string of the molecule is CC(=O)Nc1ccc(-c2cnc(N[C@@H](Cc3ccc(NS(=O)O)cc3)c3csc(-c4ccccc4)n3)o2)cc1. The van der Waals surface area contributed by atoms with Crippen molar-refractivity contribution in [3.63, 3.8) is 0 Å². The van der Waals surface area contributed by atoms with Gasteiger partial charge in [0.1, 0.15) is 5.01 Å². The monoisotopic (exact) mass is 559 g/mol. The molecule has 0 saturated carbocycles. The maximum atomic E-state index is 11.3. The molecule has 11 heteroatoms. The third kappa shape index (κ3) is 6.96. The van der Waals surface area contributed by atoms with E-state index in [0.717, 1.165) is 27.4 Å². The lowest BCUT2D eigenvalue weighted by atomic mass is 10.0. The van der Waals surface area contributed by atoms with Gasteiger partial charge in [0.25, 0.3) is 17.3 Å². The van der Waals surface area contributed by atoms with Crippen LogP contribution in [0.2, 0.25) is 0 Å². The van der Waals surface area contributed by atoms with Gasteiger partial charge in [0.15, 0.2) is 5.76 Å². The van der Waals surface area contributed by atoms with Gasteiger partial charge in [0, 0.05) is 34.8 Å². The second-order valence-electron chi connectivity index (χ2n) is 8.68. The fraction of sp³-hybridized carbons (Fsp3) is 0.107. The number of nitrogens with zero attached hydrogens (tertiary/aromatic N) is 2. The minimum absolute atomic E-state index is 0.133. The van der Waals surface area contributed by atoms with Gasteiger partial charge in [-0.1, -0.05) is 42.5 Å². The first kappa shape index (κ1) is 26.3. The summed E-state index contributed by atoms with van der Waals surface area (Å²) in [5, 5.41) is 9.07. The Bertz CT molecular complexity index is 1570. The van der Waals surface area contributed by atoms with E-state index in [1.165, 1.54) is 6.92 Å². The molecule has 2 atom stereocenters. The number of rotatable bonds is 10. The molecule has 0 spiro atoms. The van der Waals surface area contributed by atoms with Gasteiger partial charge in [0.05, 0.1) is 17.9 Å². The second-order valence-corrected chi connectivity index (χ2v) is 10.2. The van der Waals surface area contributed by atoms with E-state index in [0.29, 0.717) is 29.6 Å². The van der Waals surface area contributed by atoms with Crippen molar-refractivity contribution in [3.8, 4) is 21.9 Å². The average Bonchev–Trinajstić information content (AvgIpc) is 3.60. The second kappa shape index (κ2) is 12.0. The van der Waals surface area contributed by atoms with Crippen molar-refractivity contribution < 1.29 is 18.0 Å². The van der Waals surface area contributed by atoms with Crippen molar-refractivity contribution >= 4 is 45.9 Å². The van der Waals surface area contributed by atoms with Gasteiger partial charge in [-0.25, -0.2) is 14.2 Å². The average molecular weight is 560 g/mol. The third-order valence-electron chi connectivity index (χ3n) is 5.79. The molecular weight excluding hydrogens is 534 g/mol. The predicted molar refractivity (Wildman–Crippen MR) is 155 cm³/mol. The van der Waals surface area contributed by atoms with Gasteiger partial charge >= 0.3 is 0 Å². The quantitative estimate of drug-likeness (QED) is 0.146. The van der Waals surface area contributed by atoms with E-state index in [2.05, 4.69) is 20.3 Å². The molecule has 39 heavy (non-hydrogen) atoms. The first-order chi connectivity index (χ1) is 18.9. The number of benzene rings is 3. The molecule has 0 aliphatic carbocycles. The molecule has 5 rings (SSSR count). The highest BCUT2D eigenvalue weighted by Crippen LogP contribution is 2.31. The van der Waals surface area contributed by atoms with E-state index in [-0.39, 0.29) is 11.9 Å². The van der Waals surface area contributed by atoms with Crippen molar-refractivity contribution in [1.82, 2.24) is 9.97 Å². The maximum absolute atomic E-state index is 11.3. The lowest BCUT2D eigenvalue weighted by Crippen LogP contribution is -2.14. The highest BCUT2D eigenvalue weighted by Gasteiger charge is 2.19. The molecule has 198 valence electrons. The number of nitrogens with one attached hydrogen (secondary N) is 3. The molecule has 9 nitrogen and oxygen atoms in total. The highest BCUT2D eigenvalue weighted by atomic mass is 32.2. The predicted octanol–water partition coefficient (Wildman–Crippen LogP) is 6.37. The minimum Gasteiger partial charge on any atom is -0.424 e. The van der Waals surface area contributed by atoms with Crippen LogP contribution >= 0.6 is 11.3 Å². The first-order valence-corrected chi connectivity index (χ1v) is 14.0. The van der Waals surface area contributed by atoms with Gasteiger partial charge < -0.3 is 15.1 Å². The molecule has 3 aromatic carbocycles. The number of carbonyl (C=O) groups excluding carboxylic acids is 1. The van der Waals surface area contributed by atoms with Gasteiger partial charge in [0.2, 0.25) is 5.91 Å². The fourth-order valence-electron chi connectivity index (χ4n) is 3.98. The summed E-state index contributed by atoms with van der Waals surface area (Å²) < 4.78 is 28.6. The van der Waals surface area contributed by atoms with Crippen LogP contribution in [0.1, 0.15) is 24.2 Å². The van der Waals surface area contributed by atoms with Crippen molar-refractivity contribution in [2.24, 2.45) is 0 Å². The summed E-state index contributed by atoms with van der Waals surface area (Å²) in [6, 6.07) is 24.7. The fourth-order valence-corrected chi connectivity index (χ4v) is 5.20. The van der Waals surface area contributed by atoms with Gasteiger partial charge in [-0.15, -0.1) is 11.3 Å².